The van der Waals surface area contributed by atoms with Crippen LogP contribution in [0.25, 0.3) is 0 Å². The van der Waals surface area contributed by atoms with Gasteiger partial charge in [-0.25, -0.2) is 0 Å². The summed E-state index contributed by atoms with van der Waals surface area (Å²) in [6.45, 7) is 1.06. The molecular formula is C15H20N2O2. The predicted octanol–water partition coefficient (Wildman–Crippen LogP) is 1.47. The van der Waals surface area contributed by atoms with Crippen LogP contribution in [0.4, 0.5) is 0 Å². The van der Waals surface area contributed by atoms with Crippen LogP contribution in [0.1, 0.15) is 32.1 Å². The number of hydrogen-bond acceptors (Lipinski definition) is 3. The second-order valence-electron chi connectivity index (χ2n) is 6.79. The number of amides is 1. The summed E-state index contributed by atoms with van der Waals surface area (Å²) in [5.41, 5.74) is -0.825. The Morgan fingerprint density at radius 2 is 1.84 bits per heavy atom. The predicted molar refractivity (Wildman–Crippen MR) is 67.8 cm³/mol. The number of carbonyl (C=O) groups is 1. The summed E-state index contributed by atoms with van der Waals surface area (Å²) in [6.07, 6.45) is 5.19. The third-order valence-corrected chi connectivity index (χ3v) is 6.03. The lowest BCUT2D eigenvalue weighted by Crippen LogP contribution is -2.45. The first-order valence-corrected chi connectivity index (χ1v) is 7.55. The van der Waals surface area contributed by atoms with Gasteiger partial charge in [0, 0.05) is 19.3 Å². The standard InChI is InChI=1S/C15H20N2O2/c16-8-15(3-5-19-6-4-15)14(18)17-13-11-9-1-2-10(7-9)12(11)13/h9-13H,1-7H2,(H,17,18). The summed E-state index contributed by atoms with van der Waals surface area (Å²) in [5.74, 6) is 3.15. The van der Waals surface area contributed by atoms with Gasteiger partial charge in [-0.1, -0.05) is 0 Å². The van der Waals surface area contributed by atoms with Gasteiger partial charge in [0.15, 0.2) is 0 Å². The van der Waals surface area contributed by atoms with Crippen molar-refractivity contribution in [1.29, 1.82) is 5.26 Å². The van der Waals surface area contributed by atoms with E-state index >= 15 is 0 Å². The maximum absolute atomic E-state index is 12.5. The summed E-state index contributed by atoms with van der Waals surface area (Å²) in [6, 6.07) is 2.64. The van der Waals surface area contributed by atoms with Gasteiger partial charge >= 0.3 is 0 Å². The van der Waals surface area contributed by atoms with Crippen LogP contribution in [0.5, 0.6) is 0 Å². The average molecular weight is 260 g/mol. The summed E-state index contributed by atoms with van der Waals surface area (Å²) in [4.78, 5) is 12.5. The molecule has 19 heavy (non-hydrogen) atoms. The van der Waals surface area contributed by atoms with Crippen LogP contribution in [-0.2, 0) is 9.53 Å². The number of nitrogens with zero attached hydrogens (tertiary/aromatic N) is 1. The van der Waals surface area contributed by atoms with Crippen molar-refractivity contribution >= 4 is 5.91 Å². The highest BCUT2D eigenvalue weighted by Crippen LogP contribution is 2.65. The molecule has 0 aromatic carbocycles. The molecule has 1 heterocycles. The van der Waals surface area contributed by atoms with Crippen molar-refractivity contribution in [2.45, 2.75) is 38.1 Å². The number of nitrogens with one attached hydrogen (secondary N) is 1. The second-order valence-corrected chi connectivity index (χ2v) is 6.79. The van der Waals surface area contributed by atoms with Gasteiger partial charge in [-0.15, -0.1) is 0 Å². The molecule has 1 amide bonds. The van der Waals surface area contributed by atoms with Gasteiger partial charge in [-0.05, 0) is 55.8 Å². The first-order valence-electron chi connectivity index (χ1n) is 7.55. The minimum atomic E-state index is -0.825. The molecule has 0 radical (unpaired) electrons. The lowest BCUT2D eigenvalue weighted by molar-refractivity contribution is -0.132. The molecule has 1 aliphatic heterocycles. The Morgan fingerprint density at radius 1 is 1.21 bits per heavy atom. The summed E-state index contributed by atoms with van der Waals surface area (Å²) < 4.78 is 5.28. The van der Waals surface area contributed by atoms with Crippen molar-refractivity contribution < 1.29 is 9.53 Å². The summed E-state index contributed by atoms with van der Waals surface area (Å²) in [7, 11) is 0. The van der Waals surface area contributed by atoms with Gasteiger partial charge in [0.05, 0.1) is 6.07 Å². The molecule has 1 N–H and O–H groups in total. The Bertz CT molecular complexity index is 434. The fourth-order valence-corrected chi connectivity index (χ4v) is 4.92. The highest BCUT2D eigenvalue weighted by atomic mass is 16.5. The molecule has 0 spiro atoms. The van der Waals surface area contributed by atoms with E-state index < -0.39 is 5.41 Å². The van der Waals surface area contributed by atoms with Gasteiger partial charge in [-0.3, -0.25) is 4.79 Å². The third-order valence-electron chi connectivity index (χ3n) is 6.03. The van der Waals surface area contributed by atoms with Crippen LogP contribution in [0.2, 0.25) is 0 Å². The molecule has 2 bridgehead atoms. The Hall–Kier alpha value is -1.08. The van der Waals surface area contributed by atoms with E-state index in [0.717, 1.165) is 23.7 Å². The number of ether oxygens (including phenoxy) is 1. The van der Waals surface area contributed by atoms with E-state index in [1.807, 2.05) is 0 Å². The van der Waals surface area contributed by atoms with Crippen molar-refractivity contribution in [3.63, 3.8) is 0 Å². The van der Waals surface area contributed by atoms with Crippen LogP contribution in [0, 0.1) is 40.4 Å². The number of hydrogen-bond donors (Lipinski definition) is 1. The van der Waals surface area contributed by atoms with E-state index in [9.17, 15) is 10.1 Å². The maximum Gasteiger partial charge on any atom is 0.240 e. The Balaban J connectivity index is 1.44. The van der Waals surface area contributed by atoms with Crippen molar-refractivity contribution in [1.82, 2.24) is 5.32 Å². The van der Waals surface area contributed by atoms with Gasteiger partial charge in [0.1, 0.15) is 5.41 Å². The van der Waals surface area contributed by atoms with Gasteiger partial charge in [0.25, 0.3) is 0 Å². The number of carbonyl (C=O) groups excluding carboxylic acids is 1. The molecule has 4 atom stereocenters. The van der Waals surface area contributed by atoms with Crippen LogP contribution in [-0.4, -0.2) is 25.2 Å². The Kier molecular flexibility index (Phi) is 2.44. The van der Waals surface area contributed by atoms with Gasteiger partial charge in [0.2, 0.25) is 5.91 Å². The van der Waals surface area contributed by atoms with Crippen LogP contribution >= 0.6 is 0 Å². The zero-order valence-corrected chi connectivity index (χ0v) is 11.1. The van der Waals surface area contributed by atoms with E-state index in [2.05, 4.69) is 11.4 Å². The molecule has 4 aliphatic rings. The summed E-state index contributed by atoms with van der Waals surface area (Å²) >= 11 is 0. The van der Waals surface area contributed by atoms with E-state index in [0.29, 0.717) is 32.1 Å². The highest BCUT2D eigenvalue weighted by Gasteiger charge is 2.66. The first-order chi connectivity index (χ1) is 9.25. The molecule has 4 unspecified atom stereocenters. The third kappa shape index (κ3) is 1.57. The molecule has 4 fully saturated rings. The molecular weight excluding hydrogens is 240 g/mol. The molecule has 4 nitrogen and oxygen atoms in total. The number of rotatable bonds is 2. The fourth-order valence-electron chi connectivity index (χ4n) is 4.92. The van der Waals surface area contributed by atoms with Crippen molar-refractivity contribution in [2.75, 3.05) is 13.2 Å². The number of fused-ring (bicyclic) bond motifs is 5. The molecule has 3 aliphatic carbocycles. The molecule has 4 rings (SSSR count). The van der Waals surface area contributed by atoms with E-state index in [1.165, 1.54) is 19.3 Å². The molecule has 1 saturated heterocycles. The van der Waals surface area contributed by atoms with Crippen molar-refractivity contribution in [3.8, 4) is 6.07 Å². The molecule has 4 heteroatoms. The van der Waals surface area contributed by atoms with E-state index in [4.69, 9.17) is 4.74 Å². The monoisotopic (exact) mass is 260 g/mol. The SMILES string of the molecule is N#CC1(C(=O)NC2C3C4CCC(C4)C23)CCOCC1. The van der Waals surface area contributed by atoms with E-state index in [1.54, 1.807) is 0 Å². The zero-order valence-electron chi connectivity index (χ0n) is 11.1. The van der Waals surface area contributed by atoms with Gasteiger partial charge < -0.3 is 10.1 Å². The largest absolute Gasteiger partial charge is 0.381 e. The summed E-state index contributed by atoms with van der Waals surface area (Å²) in [5, 5.41) is 12.6. The minimum absolute atomic E-state index is 0.0305. The van der Waals surface area contributed by atoms with Crippen LogP contribution in [0.3, 0.4) is 0 Å². The Labute approximate surface area is 113 Å². The number of nitriles is 1. The smallest absolute Gasteiger partial charge is 0.240 e. The normalized spacial score (nSPS) is 45.3. The topological polar surface area (TPSA) is 62.1 Å². The second kappa shape index (κ2) is 3.96. The van der Waals surface area contributed by atoms with Crippen LogP contribution < -0.4 is 5.32 Å². The van der Waals surface area contributed by atoms with Gasteiger partial charge in [-0.2, -0.15) is 5.26 Å². The van der Waals surface area contributed by atoms with Crippen molar-refractivity contribution in [2.24, 2.45) is 29.1 Å². The molecule has 0 aromatic heterocycles. The highest BCUT2D eigenvalue weighted by molar-refractivity contribution is 5.86. The molecule has 3 saturated carbocycles. The first kappa shape index (κ1) is 11.7. The van der Waals surface area contributed by atoms with Crippen molar-refractivity contribution in [3.05, 3.63) is 0 Å². The maximum atomic E-state index is 12.5. The Morgan fingerprint density at radius 3 is 2.42 bits per heavy atom. The quantitative estimate of drug-likeness (QED) is 0.817. The lowest BCUT2D eigenvalue weighted by Gasteiger charge is -2.29. The lowest BCUT2D eigenvalue weighted by atomic mass is 9.80. The van der Waals surface area contributed by atoms with E-state index in [-0.39, 0.29) is 5.91 Å². The average Bonchev–Trinajstić information content (AvgIpc) is 2.85. The molecule has 0 aromatic rings. The van der Waals surface area contributed by atoms with Crippen LogP contribution in [0.15, 0.2) is 0 Å². The molecule has 102 valence electrons. The minimum Gasteiger partial charge on any atom is -0.381 e. The fraction of sp³-hybridized carbons (Fsp3) is 0.867. The zero-order chi connectivity index (χ0) is 13.0.